The number of hydrogen-bond acceptors (Lipinski definition) is 1. The lowest BCUT2D eigenvalue weighted by molar-refractivity contribution is 0.351. The minimum atomic E-state index is -0.620. The van der Waals surface area contributed by atoms with Crippen molar-refractivity contribution in [2.45, 2.75) is 62.3 Å². The molecular weight excluding hydrogens is 484 g/mol. The van der Waals surface area contributed by atoms with E-state index >= 15 is 0 Å². The van der Waals surface area contributed by atoms with Crippen molar-refractivity contribution in [2.24, 2.45) is 0 Å². The van der Waals surface area contributed by atoms with Gasteiger partial charge in [0, 0.05) is 25.4 Å². The molecule has 3 heteroatoms. The van der Waals surface area contributed by atoms with E-state index < -0.39 is 16.1 Å². The highest BCUT2D eigenvalue weighted by molar-refractivity contribution is 7.79. The lowest BCUT2D eigenvalue weighted by atomic mass is 9.96. The normalized spacial score (nSPS) is 21.0. The third-order valence-electron chi connectivity index (χ3n) is 8.07. The summed E-state index contributed by atoms with van der Waals surface area (Å²) in [5.74, 6) is 0. The summed E-state index contributed by atoms with van der Waals surface area (Å²) in [4.78, 5) is 0. The van der Waals surface area contributed by atoms with Gasteiger partial charge >= 0.3 is 0 Å². The predicted molar refractivity (Wildman–Crippen MR) is 162 cm³/mol. The van der Waals surface area contributed by atoms with E-state index in [4.69, 9.17) is 0 Å². The molecule has 1 nitrogen and oxygen atoms in total. The fourth-order valence-corrected chi connectivity index (χ4v) is 14.2. The number of hydrogen-bond donors (Lipinski definition) is 0. The molecule has 2 atom stereocenters. The third-order valence-corrected chi connectivity index (χ3v) is 14.7. The van der Waals surface area contributed by atoms with Crippen LogP contribution in [0.5, 0.6) is 0 Å². The Balaban J connectivity index is 1.54. The van der Waals surface area contributed by atoms with Crippen molar-refractivity contribution in [2.75, 3.05) is 0 Å². The first kappa shape index (κ1) is 25.0. The van der Waals surface area contributed by atoms with Crippen LogP contribution in [-0.2, 0) is 0 Å². The van der Waals surface area contributed by atoms with Crippen LogP contribution in [0.25, 0.3) is 0 Å². The van der Waals surface area contributed by atoms with Crippen molar-refractivity contribution in [3.8, 4) is 0 Å². The lowest BCUT2D eigenvalue weighted by Gasteiger charge is -2.48. The van der Waals surface area contributed by atoms with Crippen LogP contribution in [0.2, 0.25) is 0 Å². The van der Waals surface area contributed by atoms with E-state index in [9.17, 15) is 0 Å². The number of rotatable bonds is 7. The highest BCUT2D eigenvalue weighted by Crippen LogP contribution is 2.77. The Morgan fingerprint density at radius 3 is 1.32 bits per heavy atom. The smallest absolute Gasteiger partial charge is 0.0321 e. The molecule has 0 N–H and O–H groups in total. The van der Waals surface area contributed by atoms with Gasteiger partial charge in [-0.15, -0.1) is 0 Å². The van der Waals surface area contributed by atoms with Gasteiger partial charge in [0.05, 0.1) is 0 Å². The largest absolute Gasteiger partial charge is 0.248 e. The first-order chi connectivity index (χ1) is 18.4. The minimum absolute atomic E-state index is 0.435. The SMILES string of the molecule is c1ccc([C@H]2CC[C@H](c3ccccc3)P2N(C2CCCCC2)P(c2ccccc2)c2ccccc2)cc1. The Labute approximate surface area is 225 Å². The van der Waals surface area contributed by atoms with E-state index in [0.717, 1.165) is 0 Å². The summed E-state index contributed by atoms with van der Waals surface area (Å²) >= 11 is 0. The van der Waals surface area contributed by atoms with Crippen LogP contribution in [0, 0.1) is 0 Å². The van der Waals surface area contributed by atoms with Crippen molar-refractivity contribution >= 4 is 26.8 Å². The summed E-state index contributed by atoms with van der Waals surface area (Å²) in [5, 5.41) is 3.00. The summed E-state index contributed by atoms with van der Waals surface area (Å²) in [6.07, 6.45) is 9.35. The molecule has 1 saturated carbocycles. The zero-order chi connectivity index (χ0) is 24.9. The predicted octanol–water partition coefficient (Wildman–Crippen LogP) is 9.34. The van der Waals surface area contributed by atoms with Crippen LogP contribution >= 0.6 is 16.1 Å². The Morgan fingerprint density at radius 2 is 0.892 bits per heavy atom. The molecule has 0 unspecified atom stereocenters. The minimum Gasteiger partial charge on any atom is -0.248 e. The quantitative estimate of drug-likeness (QED) is 0.219. The first-order valence-corrected chi connectivity index (χ1v) is 16.7. The molecule has 37 heavy (non-hydrogen) atoms. The van der Waals surface area contributed by atoms with E-state index in [2.05, 4.69) is 126 Å². The average molecular weight is 522 g/mol. The second-order valence-electron chi connectivity index (χ2n) is 10.4. The Kier molecular flexibility index (Phi) is 8.14. The molecule has 1 saturated heterocycles. The maximum Gasteiger partial charge on any atom is 0.0321 e. The summed E-state index contributed by atoms with van der Waals surface area (Å²) in [6.45, 7) is 0. The maximum absolute atomic E-state index is 3.15. The average Bonchev–Trinajstić information content (AvgIpc) is 3.43. The van der Waals surface area contributed by atoms with Gasteiger partial charge in [-0.3, -0.25) is 0 Å². The highest BCUT2D eigenvalue weighted by Gasteiger charge is 2.46. The standard InChI is InChI=1S/C34H37NP2/c1-6-16-28(17-7-1)33-26-27-34(29-18-8-2-9-19-29)37(33)35(30-20-10-3-11-21-30)36(31-22-12-4-13-23-31)32-24-14-5-15-25-32/h1-2,4-9,12-19,22-25,30,33-34H,3,10-11,20-21,26-27H2/t33-,34-/m1/s1. The van der Waals surface area contributed by atoms with E-state index in [-0.39, 0.29) is 0 Å². The zero-order valence-electron chi connectivity index (χ0n) is 21.6. The van der Waals surface area contributed by atoms with Crippen LogP contribution in [0.15, 0.2) is 121 Å². The van der Waals surface area contributed by atoms with Crippen LogP contribution in [0.4, 0.5) is 0 Å². The molecule has 0 radical (unpaired) electrons. The molecule has 0 aromatic heterocycles. The Bertz CT molecular complexity index is 1140. The molecular formula is C34H37NP2. The van der Waals surface area contributed by atoms with Crippen LogP contribution in [0.3, 0.4) is 0 Å². The molecule has 1 aliphatic carbocycles. The van der Waals surface area contributed by atoms with Crippen molar-refractivity contribution in [1.29, 1.82) is 0 Å². The second kappa shape index (κ2) is 12.0. The molecule has 2 aliphatic rings. The third kappa shape index (κ3) is 5.47. The monoisotopic (exact) mass is 521 g/mol. The Morgan fingerprint density at radius 1 is 0.486 bits per heavy atom. The van der Waals surface area contributed by atoms with E-state index in [0.29, 0.717) is 17.4 Å². The van der Waals surface area contributed by atoms with Crippen molar-refractivity contribution in [3.05, 3.63) is 132 Å². The van der Waals surface area contributed by atoms with Crippen LogP contribution in [-0.4, -0.2) is 10.5 Å². The molecule has 0 bridgehead atoms. The van der Waals surface area contributed by atoms with Gasteiger partial charge in [0.15, 0.2) is 0 Å². The van der Waals surface area contributed by atoms with Gasteiger partial charge in [-0.1, -0.05) is 141 Å². The summed E-state index contributed by atoms with van der Waals surface area (Å²) in [7, 11) is -1.06. The summed E-state index contributed by atoms with van der Waals surface area (Å²) in [6, 6.07) is 46.6. The topological polar surface area (TPSA) is 3.24 Å². The molecule has 1 aliphatic heterocycles. The van der Waals surface area contributed by atoms with Crippen LogP contribution < -0.4 is 10.6 Å². The fraction of sp³-hybridized carbons (Fsp3) is 0.294. The maximum atomic E-state index is 3.15. The van der Waals surface area contributed by atoms with Gasteiger partial charge in [-0.25, -0.2) is 4.44 Å². The fourth-order valence-electron chi connectivity index (χ4n) is 6.36. The molecule has 4 aromatic carbocycles. The molecule has 188 valence electrons. The van der Waals surface area contributed by atoms with Crippen molar-refractivity contribution in [3.63, 3.8) is 0 Å². The van der Waals surface area contributed by atoms with E-state index in [1.165, 1.54) is 55.6 Å². The van der Waals surface area contributed by atoms with Crippen molar-refractivity contribution in [1.82, 2.24) is 4.44 Å². The number of benzene rings is 4. The van der Waals surface area contributed by atoms with Gasteiger partial charge in [-0.05, 0) is 55.5 Å². The van der Waals surface area contributed by atoms with E-state index in [1.54, 1.807) is 11.1 Å². The Hall–Kier alpha value is -2.30. The molecule has 0 spiro atoms. The number of nitrogens with zero attached hydrogens (tertiary/aromatic N) is 1. The first-order valence-electron chi connectivity index (χ1n) is 14.0. The second-order valence-corrected chi connectivity index (χ2v) is 15.2. The molecule has 1 heterocycles. The van der Waals surface area contributed by atoms with Gasteiger partial charge in [0.25, 0.3) is 0 Å². The van der Waals surface area contributed by atoms with Crippen LogP contribution in [0.1, 0.15) is 67.4 Å². The molecule has 6 rings (SSSR count). The zero-order valence-corrected chi connectivity index (χ0v) is 23.4. The molecule has 4 aromatic rings. The van der Waals surface area contributed by atoms with E-state index in [1.807, 2.05) is 0 Å². The van der Waals surface area contributed by atoms with Gasteiger partial charge in [0.1, 0.15) is 0 Å². The summed E-state index contributed by atoms with van der Waals surface area (Å²) in [5.41, 5.74) is 4.31. The van der Waals surface area contributed by atoms with Gasteiger partial charge in [0.2, 0.25) is 0 Å². The van der Waals surface area contributed by atoms with Gasteiger partial charge < -0.3 is 0 Å². The van der Waals surface area contributed by atoms with Crippen molar-refractivity contribution < 1.29 is 0 Å². The van der Waals surface area contributed by atoms with Gasteiger partial charge in [-0.2, -0.15) is 0 Å². The molecule has 0 amide bonds. The summed E-state index contributed by atoms with van der Waals surface area (Å²) < 4.78 is 3.15. The molecule has 2 fully saturated rings. The lowest BCUT2D eigenvalue weighted by Crippen LogP contribution is -2.36. The highest BCUT2D eigenvalue weighted by atomic mass is 31.2.